The zero-order chi connectivity index (χ0) is 17.5. The summed E-state index contributed by atoms with van der Waals surface area (Å²) in [5.41, 5.74) is 0.967. The Labute approximate surface area is 148 Å². The normalized spacial score (nSPS) is 14.8. The van der Waals surface area contributed by atoms with Gasteiger partial charge in [0.2, 0.25) is 5.95 Å². The zero-order valence-corrected chi connectivity index (χ0v) is 14.5. The highest BCUT2D eigenvalue weighted by atomic mass is 16.5. The molecule has 25 heavy (non-hydrogen) atoms. The third kappa shape index (κ3) is 4.68. The second-order valence-corrected chi connectivity index (χ2v) is 6.13. The maximum absolute atomic E-state index is 12.5. The molecule has 1 fully saturated rings. The lowest BCUT2D eigenvalue weighted by Gasteiger charge is -2.22. The molecule has 2 aromatic rings. The fourth-order valence-corrected chi connectivity index (χ4v) is 3.02. The van der Waals surface area contributed by atoms with Gasteiger partial charge in [-0.25, -0.2) is 9.97 Å². The van der Waals surface area contributed by atoms with Crippen LogP contribution in [0.3, 0.4) is 0 Å². The van der Waals surface area contributed by atoms with Crippen molar-refractivity contribution in [3.63, 3.8) is 0 Å². The molecule has 1 amide bonds. The molecule has 0 saturated heterocycles. The quantitative estimate of drug-likeness (QED) is 0.835. The van der Waals surface area contributed by atoms with E-state index in [0.29, 0.717) is 35.7 Å². The van der Waals surface area contributed by atoms with Gasteiger partial charge in [-0.3, -0.25) is 4.79 Å². The van der Waals surface area contributed by atoms with Crippen LogP contribution < -0.4 is 15.4 Å². The first-order valence-corrected chi connectivity index (χ1v) is 8.89. The highest BCUT2D eigenvalue weighted by Crippen LogP contribution is 2.24. The first kappa shape index (κ1) is 17.2. The molecule has 1 aromatic heterocycles. The van der Waals surface area contributed by atoms with Gasteiger partial charge >= 0.3 is 0 Å². The van der Waals surface area contributed by atoms with E-state index in [4.69, 9.17) is 4.74 Å². The summed E-state index contributed by atoms with van der Waals surface area (Å²) in [6.07, 6.45) is 7.61. The molecule has 0 bridgehead atoms. The fraction of sp³-hybridized carbons (Fsp3) is 0.421. The standard InChI is InChI=1S/C19H24N4O2/c1-2-25-17-11-7-6-10-15(17)22-18(24)16-12-13-20-19(23-16)21-14-8-4-3-5-9-14/h6-7,10-14H,2-5,8-9H2,1H3,(H,22,24)(H,20,21,23). The number of amides is 1. The molecule has 2 N–H and O–H groups in total. The lowest BCUT2D eigenvalue weighted by Crippen LogP contribution is -2.24. The molecule has 6 heteroatoms. The number of ether oxygens (including phenoxy) is 1. The molecule has 0 spiro atoms. The van der Waals surface area contributed by atoms with Crippen LogP contribution in [-0.4, -0.2) is 28.5 Å². The summed E-state index contributed by atoms with van der Waals surface area (Å²) in [5, 5.41) is 6.21. The predicted octanol–water partition coefficient (Wildman–Crippen LogP) is 3.87. The largest absolute Gasteiger partial charge is 0.492 e. The van der Waals surface area contributed by atoms with Gasteiger partial charge in [-0.1, -0.05) is 31.4 Å². The number of carbonyl (C=O) groups is 1. The summed E-state index contributed by atoms with van der Waals surface area (Å²) < 4.78 is 5.54. The van der Waals surface area contributed by atoms with Crippen molar-refractivity contribution in [1.82, 2.24) is 9.97 Å². The van der Waals surface area contributed by atoms with Crippen molar-refractivity contribution in [1.29, 1.82) is 0 Å². The van der Waals surface area contributed by atoms with E-state index in [1.807, 2.05) is 31.2 Å². The second kappa shape index (κ2) is 8.46. The Morgan fingerprint density at radius 3 is 2.80 bits per heavy atom. The molecule has 1 aliphatic carbocycles. The monoisotopic (exact) mass is 340 g/mol. The van der Waals surface area contributed by atoms with Gasteiger partial charge in [0.05, 0.1) is 12.3 Å². The molecular formula is C19H24N4O2. The van der Waals surface area contributed by atoms with Gasteiger partial charge < -0.3 is 15.4 Å². The molecule has 132 valence electrons. The minimum Gasteiger partial charge on any atom is -0.492 e. The lowest BCUT2D eigenvalue weighted by molar-refractivity contribution is 0.102. The number of hydrogen-bond acceptors (Lipinski definition) is 5. The molecule has 6 nitrogen and oxygen atoms in total. The van der Waals surface area contributed by atoms with Crippen molar-refractivity contribution in [2.24, 2.45) is 0 Å². The average Bonchev–Trinajstić information content (AvgIpc) is 2.64. The van der Waals surface area contributed by atoms with Gasteiger partial charge in [-0.2, -0.15) is 0 Å². The van der Waals surface area contributed by atoms with E-state index < -0.39 is 0 Å². The van der Waals surface area contributed by atoms with Crippen molar-refractivity contribution >= 4 is 17.5 Å². The van der Waals surface area contributed by atoms with Crippen LogP contribution in [0.5, 0.6) is 5.75 Å². The number of anilines is 2. The highest BCUT2D eigenvalue weighted by molar-refractivity contribution is 6.03. The van der Waals surface area contributed by atoms with E-state index in [1.165, 1.54) is 19.3 Å². The van der Waals surface area contributed by atoms with Crippen LogP contribution in [-0.2, 0) is 0 Å². The van der Waals surface area contributed by atoms with Gasteiger partial charge in [0, 0.05) is 12.2 Å². The Hall–Kier alpha value is -2.63. The number of nitrogens with one attached hydrogen (secondary N) is 2. The van der Waals surface area contributed by atoms with Crippen molar-refractivity contribution in [3.8, 4) is 5.75 Å². The summed E-state index contributed by atoms with van der Waals surface area (Å²) >= 11 is 0. The van der Waals surface area contributed by atoms with E-state index >= 15 is 0 Å². The van der Waals surface area contributed by atoms with Crippen molar-refractivity contribution in [2.75, 3.05) is 17.2 Å². The number of hydrogen-bond donors (Lipinski definition) is 2. The van der Waals surface area contributed by atoms with Crippen LogP contribution in [0.4, 0.5) is 11.6 Å². The molecular weight excluding hydrogens is 316 g/mol. The number of carbonyl (C=O) groups excluding carboxylic acids is 1. The number of nitrogens with zero attached hydrogens (tertiary/aromatic N) is 2. The average molecular weight is 340 g/mol. The van der Waals surface area contributed by atoms with Gasteiger partial charge in [0.15, 0.2) is 0 Å². The summed E-state index contributed by atoms with van der Waals surface area (Å²) in [4.78, 5) is 21.1. The van der Waals surface area contributed by atoms with Gasteiger partial charge in [0.1, 0.15) is 11.4 Å². The zero-order valence-electron chi connectivity index (χ0n) is 14.5. The first-order chi connectivity index (χ1) is 12.3. The van der Waals surface area contributed by atoms with Crippen molar-refractivity contribution in [3.05, 3.63) is 42.2 Å². The molecule has 1 aliphatic rings. The highest BCUT2D eigenvalue weighted by Gasteiger charge is 2.16. The maximum Gasteiger partial charge on any atom is 0.274 e. The Morgan fingerprint density at radius 2 is 2.00 bits per heavy atom. The van der Waals surface area contributed by atoms with Gasteiger partial charge in [-0.05, 0) is 38.0 Å². The number of aromatic nitrogens is 2. The Morgan fingerprint density at radius 1 is 1.20 bits per heavy atom. The second-order valence-electron chi connectivity index (χ2n) is 6.13. The molecule has 0 radical (unpaired) electrons. The van der Waals surface area contributed by atoms with E-state index in [9.17, 15) is 4.79 Å². The van der Waals surface area contributed by atoms with Crippen LogP contribution in [0.15, 0.2) is 36.5 Å². The molecule has 1 saturated carbocycles. The third-order valence-electron chi connectivity index (χ3n) is 4.26. The first-order valence-electron chi connectivity index (χ1n) is 8.89. The Balaban J connectivity index is 1.69. The van der Waals surface area contributed by atoms with Crippen molar-refractivity contribution < 1.29 is 9.53 Å². The van der Waals surface area contributed by atoms with Gasteiger partial charge in [0.25, 0.3) is 5.91 Å². The summed E-state index contributed by atoms with van der Waals surface area (Å²) in [6, 6.07) is 9.38. The molecule has 3 rings (SSSR count). The molecule has 0 atom stereocenters. The molecule has 0 aliphatic heterocycles. The van der Waals surface area contributed by atoms with Crippen LogP contribution in [0.1, 0.15) is 49.5 Å². The number of benzene rings is 1. The lowest BCUT2D eigenvalue weighted by atomic mass is 9.96. The van der Waals surface area contributed by atoms with E-state index in [1.54, 1.807) is 12.3 Å². The summed E-state index contributed by atoms with van der Waals surface area (Å²) in [5.74, 6) is 0.881. The van der Waals surface area contributed by atoms with E-state index in [0.717, 1.165) is 12.8 Å². The topological polar surface area (TPSA) is 76.1 Å². The number of rotatable bonds is 6. The fourth-order valence-electron chi connectivity index (χ4n) is 3.02. The summed E-state index contributed by atoms with van der Waals surface area (Å²) in [6.45, 7) is 2.45. The van der Waals surface area contributed by atoms with Crippen molar-refractivity contribution in [2.45, 2.75) is 45.1 Å². The molecule has 1 aromatic carbocycles. The molecule has 0 unspecified atom stereocenters. The van der Waals surface area contributed by atoms with Gasteiger partial charge in [-0.15, -0.1) is 0 Å². The van der Waals surface area contributed by atoms with Crippen LogP contribution >= 0.6 is 0 Å². The Bertz CT molecular complexity index is 714. The Kier molecular flexibility index (Phi) is 5.82. The minimum atomic E-state index is -0.277. The van der Waals surface area contributed by atoms with Crippen LogP contribution in [0.25, 0.3) is 0 Å². The smallest absolute Gasteiger partial charge is 0.274 e. The SMILES string of the molecule is CCOc1ccccc1NC(=O)c1ccnc(NC2CCCCC2)n1. The molecule has 1 heterocycles. The summed E-state index contributed by atoms with van der Waals surface area (Å²) in [7, 11) is 0. The maximum atomic E-state index is 12.5. The number of para-hydroxylation sites is 2. The van der Waals surface area contributed by atoms with E-state index in [2.05, 4.69) is 20.6 Å². The predicted molar refractivity (Wildman–Crippen MR) is 98.1 cm³/mol. The van der Waals surface area contributed by atoms with E-state index in [-0.39, 0.29) is 5.91 Å². The third-order valence-corrected chi connectivity index (χ3v) is 4.26. The minimum absolute atomic E-state index is 0.277. The van der Waals surface area contributed by atoms with Crippen LogP contribution in [0.2, 0.25) is 0 Å². The van der Waals surface area contributed by atoms with Crippen LogP contribution in [0, 0.1) is 0 Å².